The van der Waals surface area contributed by atoms with Crippen LogP contribution >= 0.6 is 22.7 Å². The molecule has 2 rings (SSSR count). The highest BCUT2D eigenvalue weighted by Crippen LogP contribution is 2.40. The molecule has 32 heavy (non-hydrogen) atoms. The van der Waals surface area contributed by atoms with Crippen molar-refractivity contribution in [3.8, 4) is 0 Å². The minimum Gasteiger partial charge on any atom is -0.463 e. The summed E-state index contributed by atoms with van der Waals surface area (Å²) in [6.45, 7) is 13.8. The first-order valence-electron chi connectivity index (χ1n) is 12.7. The SMILES string of the molecule is CCCCC(CC)CN(CC(CC)CCCC)c1cc2scc(/C=C/C(=O)OCC)c2s1. The summed E-state index contributed by atoms with van der Waals surface area (Å²) in [4.78, 5) is 14.4. The largest absolute Gasteiger partial charge is 0.463 e. The molecular weight excluding hydrogens is 434 g/mol. The van der Waals surface area contributed by atoms with Crippen LogP contribution in [0.25, 0.3) is 15.5 Å². The molecule has 0 bridgehead atoms. The van der Waals surface area contributed by atoms with Crippen LogP contribution < -0.4 is 4.90 Å². The lowest BCUT2D eigenvalue weighted by molar-refractivity contribution is -0.137. The normalized spacial score (nSPS) is 13.7. The minimum atomic E-state index is -0.270. The Hall–Kier alpha value is -1.33. The Kier molecular flexibility index (Phi) is 12.4. The third kappa shape index (κ3) is 8.22. The van der Waals surface area contributed by atoms with Gasteiger partial charge in [-0.15, -0.1) is 22.7 Å². The third-order valence-corrected chi connectivity index (χ3v) is 8.62. The van der Waals surface area contributed by atoms with Crippen LogP contribution in [0.5, 0.6) is 0 Å². The van der Waals surface area contributed by atoms with Gasteiger partial charge in [0, 0.05) is 34.8 Å². The fourth-order valence-corrected chi connectivity index (χ4v) is 6.50. The highest BCUT2D eigenvalue weighted by atomic mass is 32.1. The number of unbranched alkanes of at least 4 members (excludes halogenated alkanes) is 2. The van der Waals surface area contributed by atoms with E-state index in [2.05, 4.69) is 44.0 Å². The summed E-state index contributed by atoms with van der Waals surface area (Å²) in [7, 11) is 0. The Balaban J connectivity index is 2.27. The number of hydrogen-bond donors (Lipinski definition) is 0. The molecule has 0 aromatic carbocycles. The van der Waals surface area contributed by atoms with E-state index in [1.165, 1.54) is 65.8 Å². The third-order valence-electron chi connectivity index (χ3n) is 6.30. The lowest BCUT2D eigenvalue weighted by Crippen LogP contribution is -2.33. The number of esters is 1. The van der Waals surface area contributed by atoms with Crippen LogP contribution in [-0.4, -0.2) is 25.7 Å². The smallest absolute Gasteiger partial charge is 0.330 e. The van der Waals surface area contributed by atoms with Crippen LogP contribution in [0.4, 0.5) is 5.00 Å². The summed E-state index contributed by atoms with van der Waals surface area (Å²) in [5.74, 6) is 1.23. The molecule has 0 amide bonds. The molecule has 0 saturated heterocycles. The molecule has 0 aliphatic carbocycles. The molecule has 0 radical (unpaired) electrons. The van der Waals surface area contributed by atoms with Crippen molar-refractivity contribution in [2.45, 2.75) is 86.0 Å². The maximum atomic E-state index is 11.8. The predicted octanol–water partition coefficient (Wildman–Crippen LogP) is 8.78. The number of hydrogen-bond acceptors (Lipinski definition) is 5. The van der Waals surface area contributed by atoms with E-state index in [0.717, 1.165) is 30.5 Å². The Bertz CT molecular complexity index is 805. The van der Waals surface area contributed by atoms with E-state index < -0.39 is 0 Å². The monoisotopic (exact) mass is 477 g/mol. The van der Waals surface area contributed by atoms with Gasteiger partial charge in [0.1, 0.15) is 0 Å². The fourth-order valence-electron chi connectivity index (χ4n) is 4.16. The molecule has 2 heterocycles. The quantitative estimate of drug-likeness (QED) is 0.179. The number of thiophene rings is 2. The van der Waals surface area contributed by atoms with Gasteiger partial charge in [0.2, 0.25) is 0 Å². The molecule has 2 unspecified atom stereocenters. The molecular formula is C27H43NO2S2. The lowest BCUT2D eigenvalue weighted by Gasteiger charge is -2.31. The number of ether oxygens (including phenoxy) is 1. The van der Waals surface area contributed by atoms with Crippen LogP contribution in [0, 0.1) is 11.8 Å². The van der Waals surface area contributed by atoms with Crippen molar-refractivity contribution in [1.82, 2.24) is 0 Å². The Labute approximate surface area is 203 Å². The molecule has 180 valence electrons. The van der Waals surface area contributed by atoms with E-state index >= 15 is 0 Å². The first kappa shape index (κ1) is 26.9. The zero-order valence-corrected chi connectivity index (χ0v) is 22.5. The average Bonchev–Trinajstić information content (AvgIpc) is 3.38. The van der Waals surface area contributed by atoms with Crippen LogP contribution in [0.15, 0.2) is 17.5 Å². The van der Waals surface area contributed by atoms with Gasteiger partial charge in [0.25, 0.3) is 0 Å². The van der Waals surface area contributed by atoms with Crippen LogP contribution in [0.3, 0.4) is 0 Å². The highest BCUT2D eigenvalue weighted by molar-refractivity contribution is 7.29. The van der Waals surface area contributed by atoms with Crippen LogP contribution in [-0.2, 0) is 9.53 Å². The molecule has 5 heteroatoms. The van der Waals surface area contributed by atoms with Gasteiger partial charge in [-0.05, 0) is 43.7 Å². The van der Waals surface area contributed by atoms with Crippen molar-refractivity contribution < 1.29 is 9.53 Å². The maximum Gasteiger partial charge on any atom is 0.330 e. The van der Waals surface area contributed by atoms with E-state index in [1.807, 2.05) is 24.3 Å². The van der Waals surface area contributed by atoms with Gasteiger partial charge >= 0.3 is 5.97 Å². The number of carbonyl (C=O) groups is 1. The van der Waals surface area contributed by atoms with Gasteiger partial charge in [-0.25, -0.2) is 4.79 Å². The Morgan fingerprint density at radius 1 is 1.03 bits per heavy atom. The van der Waals surface area contributed by atoms with E-state index in [-0.39, 0.29) is 5.97 Å². The second kappa shape index (κ2) is 14.7. The Morgan fingerprint density at radius 3 is 2.19 bits per heavy atom. The summed E-state index contributed by atoms with van der Waals surface area (Å²) < 4.78 is 7.66. The summed E-state index contributed by atoms with van der Waals surface area (Å²) >= 11 is 3.66. The molecule has 0 aliphatic rings. The van der Waals surface area contributed by atoms with Crippen molar-refractivity contribution in [2.75, 3.05) is 24.6 Å². The number of fused-ring (bicyclic) bond motifs is 1. The van der Waals surface area contributed by atoms with Crippen molar-refractivity contribution >= 4 is 49.1 Å². The highest BCUT2D eigenvalue weighted by Gasteiger charge is 2.20. The van der Waals surface area contributed by atoms with E-state index in [0.29, 0.717) is 6.61 Å². The van der Waals surface area contributed by atoms with Crippen molar-refractivity contribution in [3.05, 3.63) is 23.1 Å². The van der Waals surface area contributed by atoms with Crippen LogP contribution in [0.1, 0.15) is 91.5 Å². The molecule has 0 aliphatic heterocycles. The average molecular weight is 478 g/mol. The van der Waals surface area contributed by atoms with E-state index in [4.69, 9.17) is 4.74 Å². The van der Waals surface area contributed by atoms with Crippen molar-refractivity contribution in [2.24, 2.45) is 11.8 Å². The molecule has 0 spiro atoms. The summed E-state index contributed by atoms with van der Waals surface area (Å²) in [6, 6.07) is 2.38. The summed E-state index contributed by atoms with van der Waals surface area (Å²) in [5, 5.41) is 3.54. The lowest BCUT2D eigenvalue weighted by atomic mass is 9.96. The first-order valence-corrected chi connectivity index (χ1v) is 14.4. The molecule has 2 aromatic heterocycles. The first-order chi connectivity index (χ1) is 15.6. The number of rotatable bonds is 16. The molecule has 0 N–H and O–H groups in total. The van der Waals surface area contributed by atoms with Gasteiger partial charge in [-0.3, -0.25) is 0 Å². The molecule has 3 nitrogen and oxygen atoms in total. The topological polar surface area (TPSA) is 29.5 Å². The summed E-state index contributed by atoms with van der Waals surface area (Å²) in [5.41, 5.74) is 1.13. The van der Waals surface area contributed by atoms with Crippen LogP contribution in [0.2, 0.25) is 0 Å². The van der Waals surface area contributed by atoms with Crippen molar-refractivity contribution in [1.29, 1.82) is 0 Å². The second-order valence-electron chi connectivity index (χ2n) is 8.79. The number of nitrogens with zero attached hydrogens (tertiary/aromatic N) is 1. The molecule has 2 atom stereocenters. The molecule has 0 fully saturated rings. The standard InChI is InChI=1S/C27H43NO2S2/c1-6-11-13-21(8-3)18-28(19-22(9-4)14-12-7-2)25-17-24-27(32-25)23(20-31-24)15-16-26(29)30-10-5/h15-17,20-22H,6-14,18-19H2,1-5H3/b16-15+. The van der Waals surface area contributed by atoms with Gasteiger partial charge < -0.3 is 9.64 Å². The molecule has 0 saturated carbocycles. The fraction of sp³-hybridized carbons (Fsp3) is 0.667. The molecule has 2 aromatic rings. The Morgan fingerprint density at radius 2 is 1.66 bits per heavy atom. The van der Waals surface area contributed by atoms with E-state index in [9.17, 15) is 4.79 Å². The van der Waals surface area contributed by atoms with Crippen molar-refractivity contribution in [3.63, 3.8) is 0 Å². The van der Waals surface area contributed by atoms with E-state index in [1.54, 1.807) is 17.4 Å². The van der Waals surface area contributed by atoms with Gasteiger partial charge in [-0.2, -0.15) is 0 Å². The van der Waals surface area contributed by atoms with Gasteiger partial charge in [-0.1, -0.05) is 66.2 Å². The minimum absolute atomic E-state index is 0.270. The number of carbonyl (C=O) groups excluding carboxylic acids is 1. The number of anilines is 1. The zero-order chi connectivity index (χ0) is 23.3. The van der Waals surface area contributed by atoms with Gasteiger partial charge in [0.05, 0.1) is 16.3 Å². The van der Waals surface area contributed by atoms with Gasteiger partial charge in [0.15, 0.2) is 0 Å². The maximum absolute atomic E-state index is 11.8. The zero-order valence-electron chi connectivity index (χ0n) is 20.8. The second-order valence-corrected chi connectivity index (χ2v) is 10.7. The summed E-state index contributed by atoms with van der Waals surface area (Å²) in [6.07, 6.45) is 13.8. The predicted molar refractivity (Wildman–Crippen MR) is 144 cm³/mol.